The smallest absolute Gasteiger partial charge is 0.224 e. The molecule has 1 aliphatic rings. The van der Waals surface area contributed by atoms with Gasteiger partial charge in [0.1, 0.15) is 17.6 Å². The summed E-state index contributed by atoms with van der Waals surface area (Å²) in [4.78, 5) is 13.9. The van der Waals surface area contributed by atoms with Crippen LogP contribution in [0.5, 0.6) is 0 Å². The zero-order valence-electron chi connectivity index (χ0n) is 10.6. The van der Waals surface area contributed by atoms with Gasteiger partial charge in [0, 0.05) is 19.4 Å². The quantitative estimate of drug-likeness (QED) is 0.851. The summed E-state index contributed by atoms with van der Waals surface area (Å²) in [7, 11) is 0. The van der Waals surface area contributed by atoms with Gasteiger partial charge in [-0.1, -0.05) is 6.92 Å². The van der Waals surface area contributed by atoms with E-state index >= 15 is 0 Å². The van der Waals surface area contributed by atoms with Crippen LogP contribution in [0.25, 0.3) is 0 Å². The van der Waals surface area contributed by atoms with Crippen molar-refractivity contribution < 1.29 is 13.9 Å². The van der Waals surface area contributed by atoms with Crippen LogP contribution in [0.3, 0.4) is 0 Å². The van der Waals surface area contributed by atoms with Gasteiger partial charge in [-0.25, -0.2) is 0 Å². The Morgan fingerprint density at radius 2 is 2.39 bits per heavy atom. The third-order valence-corrected chi connectivity index (χ3v) is 3.36. The lowest BCUT2D eigenvalue weighted by Crippen LogP contribution is -2.43. The molecule has 2 rings (SSSR count). The highest BCUT2D eigenvalue weighted by Crippen LogP contribution is 2.26. The molecule has 18 heavy (non-hydrogen) atoms. The molecule has 5 heteroatoms. The van der Waals surface area contributed by atoms with E-state index in [4.69, 9.17) is 9.15 Å². The molecule has 0 bridgehead atoms. The van der Waals surface area contributed by atoms with Gasteiger partial charge in [-0.3, -0.25) is 4.79 Å². The van der Waals surface area contributed by atoms with Crippen LogP contribution in [-0.4, -0.2) is 36.3 Å². The summed E-state index contributed by atoms with van der Waals surface area (Å²) in [6.45, 7) is 3.77. The zero-order valence-corrected chi connectivity index (χ0v) is 11.5. The fourth-order valence-corrected chi connectivity index (χ4v) is 2.33. The molecule has 1 unspecified atom stereocenters. The Balaban J connectivity index is 2.14. The van der Waals surface area contributed by atoms with Crippen molar-refractivity contribution in [1.29, 1.82) is 0 Å². The summed E-state index contributed by atoms with van der Waals surface area (Å²) < 4.78 is 11.2. The van der Waals surface area contributed by atoms with E-state index in [1.165, 1.54) is 0 Å². The topological polar surface area (TPSA) is 42.7 Å². The number of rotatable bonds is 4. The molecule has 1 fully saturated rings. The van der Waals surface area contributed by atoms with Gasteiger partial charge in [0.25, 0.3) is 0 Å². The lowest BCUT2D eigenvalue weighted by atomic mass is 10.1. The summed E-state index contributed by atoms with van der Waals surface area (Å²) >= 11 is 4.11. The van der Waals surface area contributed by atoms with Crippen molar-refractivity contribution in [2.75, 3.05) is 25.5 Å². The largest absolute Gasteiger partial charge is 0.464 e. The van der Waals surface area contributed by atoms with E-state index in [0.717, 1.165) is 17.9 Å². The van der Waals surface area contributed by atoms with Crippen LogP contribution >= 0.6 is 12.6 Å². The van der Waals surface area contributed by atoms with E-state index < -0.39 is 0 Å². The number of carbonyl (C=O) groups excluding carboxylic acids is 1. The number of carbonyl (C=O) groups is 1. The second-order valence-corrected chi connectivity index (χ2v) is 4.76. The third-order valence-electron chi connectivity index (χ3n) is 3.13. The molecule has 0 saturated carbocycles. The van der Waals surface area contributed by atoms with E-state index in [1.807, 2.05) is 24.0 Å². The molecule has 1 aliphatic heterocycles. The average Bonchev–Trinajstić information content (AvgIpc) is 2.87. The van der Waals surface area contributed by atoms with Crippen LogP contribution in [0.15, 0.2) is 16.5 Å². The van der Waals surface area contributed by atoms with Gasteiger partial charge in [0.2, 0.25) is 5.91 Å². The lowest BCUT2D eigenvalue weighted by molar-refractivity contribution is -0.140. The first-order valence-electron chi connectivity index (χ1n) is 6.33. The molecule has 0 radical (unpaired) electrons. The highest BCUT2D eigenvalue weighted by molar-refractivity contribution is 7.80. The summed E-state index contributed by atoms with van der Waals surface area (Å²) in [6, 6.07) is 3.82. The molecule has 1 saturated heterocycles. The summed E-state index contributed by atoms with van der Waals surface area (Å²) in [5.74, 6) is 2.45. The maximum absolute atomic E-state index is 12.0. The Hall–Kier alpha value is -0.940. The minimum atomic E-state index is -0.0913. The first-order valence-corrected chi connectivity index (χ1v) is 6.96. The molecule has 2 heterocycles. The Kier molecular flexibility index (Phi) is 4.72. The van der Waals surface area contributed by atoms with Crippen molar-refractivity contribution in [3.05, 3.63) is 23.7 Å². The molecule has 1 atom stereocenters. The predicted molar refractivity (Wildman–Crippen MR) is 71.8 cm³/mol. The molecule has 1 aromatic heterocycles. The van der Waals surface area contributed by atoms with Crippen molar-refractivity contribution in [2.24, 2.45) is 0 Å². The minimum Gasteiger partial charge on any atom is -0.464 e. The summed E-state index contributed by atoms with van der Waals surface area (Å²) in [5.41, 5.74) is 0. The zero-order chi connectivity index (χ0) is 13.0. The van der Waals surface area contributed by atoms with Crippen molar-refractivity contribution in [3.63, 3.8) is 0 Å². The minimum absolute atomic E-state index is 0.0913. The van der Waals surface area contributed by atoms with Gasteiger partial charge >= 0.3 is 0 Å². The maximum Gasteiger partial charge on any atom is 0.224 e. The summed E-state index contributed by atoms with van der Waals surface area (Å²) in [6.07, 6.45) is 1.32. The van der Waals surface area contributed by atoms with Crippen LogP contribution in [0.2, 0.25) is 0 Å². The molecule has 1 aromatic rings. The normalized spacial score (nSPS) is 20.1. The Labute approximate surface area is 113 Å². The van der Waals surface area contributed by atoms with Crippen molar-refractivity contribution in [3.8, 4) is 0 Å². The van der Waals surface area contributed by atoms with E-state index in [9.17, 15) is 4.79 Å². The lowest BCUT2D eigenvalue weighted by Gasteiger charge is -2.34. The number of aryl methyl sites for hydroxylation is 1. The van der Waals surface area contributed by atoms with Gasteiger partial charge in [0.05, 0.1) is 13.2 Å². The van der Waals surface area contributed by atoms with E-state index in [0.29, 0.717) is 31.9 Å². The molecular weight excluding hydrogens is 250 g/mol. The molecule has 4 nitrogen and oxygen atoms in total. The number of morpholine rings is 1. The van der Waals surface area contributed by atoms with Gasteiger partial charge in [-0.15, -0.1) is 0 Å². The standard InChI is InChI=1S/C13H19NO3S/c1-2-10-3-4-12(17-10)11-9-16-7-6-14(11)13(15)5-8-18/h3-4,11,18H,2,5-9H2,1H3. The van der Waals surface area contributed by atoms with Crippen LogP contribution in [0.1, 0.15) is 30.9 Å². The predicted octanol–water partition coefficient (Wildman–Crippen LogP) is 2.06. The Morgan fingerprint density at radius 1 is 1.56 bits per heavy atom. The Morgan fingerprint density at radius 3 is 3.06 bits per heavy atom. The molecule has 0 spiro atoms. The highest BCUT2D eigenvalue weighted by Gasteiger charge is 2.30. The number of ether oxygens (including phenoxy) is 1. The van der Waals surface area contributed by atoms with Crippen LogP contribution < -0.4 is 0 Å². The molecule has 100 valence electrons. The molecule has 0 N–H and O–H groups in total. The number of thiol groups is 1. The SMILES string of the molecule is CCc1ccc(C2COCCN2C(=O)CCS)o1. The van der Waals surface area contributed by atoms with E-state index in [2.05, 4.69) is 12.6 Å². The molecule has 0 aliphatic carbocycles. The third kappa shape index (κ3) is 2.90. The number of amides is 1. The molecule has 0 aromatic carbocycles. The second-order valence-electron chi connectivity index (χ2n) is 4.31. The molecule has 1 amide bonds. The number of furan rings is 1. The van der Waals surface area contributed by atoms with E-state index in [1.54, 1.807) is 0 Å². The number of nitrogens with zero attached hydrogens (tertiary/aromatic N) is 1. The maximum atomic E-state index is 12.0. The van der Waals surface area contributed by atoms with Crippen LogP contribution in [-0.2, 0) is 16.0 Å². The van der Waals surface area contributed by atoms with Crippen molar-refractivity contribution >= 4 is 18.5 Å². The average molecular weight is 269 g/mol. The van der Waals surface area contributed by atoms with Gasteiger partial charge in [0.15, 0.2) is 0 Å². The van der Waals surface area contributed by atoms with Crippen molar-refractivity contribution in [2.45, 2.75) is 25.8 Å². The molecular formula is C13H19NO3S. The Bertz CT molecular complexity index is 405. The number of hydrogen-bond acceptors (Lipinski definition) is 4. The fraction of sp³-hybridized carbons (Fsp3) is 0.615. The number of hydrogen-bond donors (Lipinski definition) is 1. The van der Waals surface area contributed by atoms with E-state index in [-0.39, 0.29) is 11.9 Å². The first kappa shape index (κ1) is 13.5. The van der Waals surface area contributed by atoms with Gasteiger partial charge in [-0.05, 0) is 17.9 Å². The summed E-state index contributed by atoms with van der Waals surface area (Å²) in [5, 5.41) is 0. The second kappa shape index (κ2) is 6.29. The van der Waals surface area contributed by atoms with Crippen LogP contribution in [0.4, 0.5) is 0 Å². The monoisotopic (exact) mass is 269 g/mol. The van der Waals surface area contributed by atoms with Crippen molar-refractivity contribution in [1.82, 2.24) is 4.90 Å². The van der Waals surface area contributed by atoms with Gasteiger partial charge in [-0.2, -0.15) is 12.6 Å². The fourth-order valence-electron chi connectivity index (χ4n) is 2.14. The highest BCUT2D eigenvalue weighted by atomic mass is 32.1. The van der Waals surface area contributed by atoms with Crippen LogP contribution in [0, 0.1) is 0 Å². The van der Waals surface area contributed by atoms with Gasteiger partial charge < -0.3 is 14.1 Å². The first-order chi connectivity index (χ1) is 8.76.